The maximum Gasteiger partial charge on any atom is 0.218 e. The second kappa shape index (κ2) is 4.97. The topological polar surface area (TPSA) is 38.3 Å². The lowest BCUT2D eigenvalue weighted by molar-refractivity contribution is -0.122. The fourth-order valence-corrected chi connectivity index (χ4v) is 3.01. The predicted molar refractivity (Wildman–Crippen MR) is 69.5 cm³/mol. The Kier molecular flexibility index (Phi) is 4.23. The first-order chi connectivity index (χ1) is 7.60. The summed E-state index contributed by atoms with van der Waals surface area (Å²) in [6, 6.07) is 0. The molecule has 17 heavy (non-hydrogen) atoms. The molecule has 0 bridgehead atoms. The number of amides is 1. The van der Waals surface area contributed by atoms with Gasteiger partial charge in [-0.2, -0.15) is 0 Å². The van der Waals surface area contributed by atoms with E-state index in [-0.39, 0.29) is 17.6 Å². The first kappa shape index (κ1) is 14.5. The van der Waals surface area contributed by atoms with E-state index in [0.29, 0.717) is 11.3 Å². The summed E-state index contributed by atoms with van der Waals surface area (Å²) in [6.45, 7) is 13.7. The Hall–Kier alpha value is -0.570. The molecule has 3 nitrogen and oxygen atoms in total. The van der Waals surface area contributed by atoms with Crippen LogP contribution in [0.4, 0.5) is 0 Å². The highest BCUT2D eigenvalue weighted by Crippen LogP contribution is 2.43. The lowest BCUT2D eigenvalue weighted by Crippen LogP contribution is -2.33. The van der Waals surface area contributed by atoms with Crippen molar-refractivity contribution in [2.45, 2.75) is 60.6 Å². The van der Waals surface area contributed by atoms with E-state index in [1.807, 2.05) is 0 Å². The van der Waals surface area contributed by atoms with Crippen molar-refractivity contribution in [1.29, 1.82) is 0 Å². The molecule has 1 N–H and O–H groups in total. The van der Waals surface area contributed by atoms with E-state index in [1.165, 1.54) is 13.3 Å². The average Bonchev–Trinajstić information content (AvgIpc) is 2.46. The van der Waals surface area contributed by atoms with Crippen LogP contribution in [0.5, 0.6) is 0 Å². The van der Waals surface area contributed by atoms with Crippen molar-refractivity contribution in [3.05, 3.63) is 0 Å². The Balaban J connectivity index is 2.54. The van der Waals surface area contributed by atoms with Crippen LogP contribution in [0.1, 0.15) is 54.4 Å². The van der Waals surface area contributed by atoms with Gasteiger partial charge in [0, 0.05) is 6.92 Å². The van der Waals surface area contributed by atoms with Crippen molar-refractivity contribution >= 4 is 5.91 Å². The summed E-state index contributed by atoms with van der Waals surface area (Å²) >= 11 is 0. The highest BCUT2D eigenvalue weighted by Gasteiger charge is 2.39. The number of hydrogen-bond acceptors (Lipinski definition) is 2. The molecule has 0 radical (unpaired) electrons. The van der Waals surface area contributed by atoms with Gasteiger partial charge in [-0.3, -0.25) is 4.79 Å². The first-order valence-electron chi connectivity index (χ1n) is 6.49. The van der Waals surface area contributed by atoms with E-state index in [0.717, 1.165) is 13.0 Å². The van der Waals surface area contributed by atoms with Gasteiger partial charge in [0.15, 0.2) is 0 Å². The van der Waals surface area contributed by atoms with Gasteiger partial charge < -0.3 is 10.1 Å². The Morgan fingerprint density at radius 2 is 1.88 bits per heavy atom. The van der Waals surface area contributed by atoms with Crippen LogP contribution >= 0.6 is 0 Å². The third-order valence-corrected chi connectivity index (χ3v) is 3.45. The zero-order valence-electron chi connectivity index (χ0n) is 12.1. The number of nitrogens with one attached hydrogen (secondary N) is 1. The minimum Gasteiger partial charge on any atom is -0.358 e. The van der Waals surface area contributed by atoms with Gasteiger partial charge in [0.05, 0.1) is 6.61 Å². The molecule has 1 fully saturated rings. The molecule has 0 aliphatic carbocycles. The van der Waals surface area contributed by atoms with E-state index in [4.69, 9.17) is 4.74 Å². The summed E-state index contributed by atoms with van der Waals surface area (Å²) in [5.41, 5.74) is 0.584. The minimum absolute atomic E-state index is 0.00993. The first-order valence-corrected chi connectivity index (χ1v) is 6.49. The molecule has 3 heteroatoms. The van der Waals surface area contributed by atoms with Gasteiger partial charge in [-0.25, -0.2) is 0 Å². The minimum atomic E-state index is -0.0863. The third-order valence-electron chi connectivity index (χ3n) is 3.45. The molecule has 1 aliphatic heterocycles. The fraction of sp³-hybridized carbons (Fsp3) is 0.929. The molecule has 0 aromatic heterocycles. The molecule has 0 aromatic carbocycles. The van der Waals surface area contributed by atoms with Gasteiger partial charge in [-0.05, 0) is 29.6 Å². The molecule has 0 aromatic rings. The van der Waals surface area contributed by atoms with Gasteiger partial charge in [0.25, 0.3) is 0 Å². The van der Waals surface area contributed by atoms with Crippen LogP contribution in [0.3, 0.4) is 0 Å². The number of carbonyl (C=O) groups is 1. The lowest BCUT2D eigenvalue weighted by Gasteiger charge is -2.36. The quantitative estimate of drug-likeness (QED) is 0.825. The predicted octanol–water partition coefficient (Wildman–Crippen LogP) is 2.95. The standard InChI is InChI=1S/C14H27NO2/c1-10(16)15-12-7-11(8-17-12)14(5,6)9-13(2,3)4/h11-12H,7-9H2,1-6H3,(H,15,16). The summed E-state index contributed by atoms with van der Waals surface area (Å²) in [4.78, 5) is 11.0. The number of rotatable bonds is 3. The smallest absolute Gasteiger partial charge is 0.218 e. The van der Waals surface area contributed by atoms with Crippen molar-refractivity contribution in [3.8, 4) is 0 Å². The largest absolute Gasteiger partial charge is 0.358 e. The zero-order valence-corrected chi connectivity index (χ0v) is 12.1. The van der Waals surface area contributed by atoms with E-state index in [2.05, 4.69) is 39.9 Å². The number of hydrogen-bond donors (Lipinski definition) is 1. The molecule has 0 saturated carbocycles. The molecule has 1 heterocycles. The molecular weight excluding hydrogens is 214 g/mol. The summed E-state index contributed by atoms with van der Waals surface area (Å²) in [5, 5.41) is 2.85. The van der Waals surface area contributed by atoms with Crippen LogP contribution in [-0.2, 0) is 9.53 Å². The van der Waals surface area contributed by atoms with Crippen LogP contribution < -0.4 is 5.32 Å². The van der Waals surface area contributed by atoms with Crippen molar-refractivity contribution in [2.75, 3.05) is 6.61 Å². The summed E-state index contributed by atoms with van der Waals surface area (Å²) in [5.74, 6) is 0.517. The van der Waals surface area contributed by atoms with Gasteiger partial charge in [-0.15, -0.1) is 0 Å². The Labute approximate surface area is 105 Å². The molecule has 1 aliphatic rings. The molecule has 1 rings (SSSR count). The average molecular weight is 241 g/mol. The van der Waals surface area contributed by atoms with E-state index in [9.17, 15) is 4.79 Å². The molecule has 2 atom stereocenters. The highest BCUT2D eigenvalue weighted by molar-refractivity contribution is 5.73. The summed E-state index contributed by atoms with van der Waals surface area (Å²) in [6.07, 6.45) is 2.01. The molecule has 0 spiro atoms. The maximum absolute atomic E-state index is 11.0. The monoisotopic (exact) mass is 241 g/mol. The second-order valence-electron chi connectivity index (χ2n) is 7.18. The highest BCUT2D eigenvalue weighted by atomic mass is 16.5. The van der Waals surface area contributed by atoms with Gasteiger partial charge >= 0.3 is 0 Å². The van der Waals surface area contributed by atoms with Gasteiger partial charge in [0.2, 0.25) is 5.91 Å². The normalized spacial score (nSPS) is 26.0. The molecule has 2 unspecified atom stereocenters. The van der Waals surface area contributed by atoms with E-state index in [1.54, 1.807) is 0 Å². The SMILES string of the molecule is CC(=O)NC1CC(C(C)(C)CC(C)(C)C)CO1. The van der Waals surface area contributed by atoms with Crippen molar-refractivity contribution in [2.24, 2.45) is 16.7 Å². The molecule has 1 saturated heterocycles. The van der Waals surface area contributed by atoms with Gasteiger partial charge in [-0.1, -0.05) is 34.6 Å². The van der Waals surface area contributed by atoms with Crippen LogP contribution in [0.2, 0.25) is 0 Å². The fourth-order valence-electron chi connectivity index (χ4n) is 3.01. The van der Waals surface area contributed by atoms with Crippen LogP contribution in [0.25, 0.3) is 0 Å². The van der Waals surface area contributed by atoms with Crippen molar-refractivity contribution in [3.63, 3.8) is 0 Å². The lowest BCUT2D eigenvalue weighted by atomic mass is 9.68. The van der Waals surface area contributed by atoms with Crippen LogP contribution in [0.15, 0.2) is 0 Å². The van der Waals surface area contributed by atoms with Crippen molar-refractivity contribution < 1.29 is 9.53 Å². The molecular formula is C14H27NO2. The van der Waals surface area contributed by atoms with Crippen LogP contribution in [-0.4, -0.2) is 18.7 Å². The summed E-state index contributed by atoms with van der Waals surface area (Å²) in [7, 11) is 0. The Bertz CT molecular complexity index is 278. The summed E-state index contributed by atoms with van der Waals surface area (Å²) < 4.78 is 5.65. The Morgan fingerprint density at radius 3 is 2.35 bits per heavy atom. The molecule has 100 valence electrons. The third kappa shape index (κ3) is 4.66. The van der Waals surface area contributed by atoms with Crippen molar-refractivity contribution in [1.82, 2.24) is 5.32 Å². The molecule has 1 amide bonds. The second-order valence-corrected chi connectivity index (χ2v) is 7.18. The Morgan fingerprint density at radius 1 is 1.29 bits per heavy atom. The number of carbonyl (C=O) groups excluding carboxylic acids is 1. The van der Waals surface area contributed by atoms with E-state index < -0.39 is 0 Å². The van der Waals surface area contributed by atoms with E-state index >= 15 is 0 Å². The zero-order chi connectivity index (χ0) is 13.3. The van der Waals surface area contributed by atoms with Gasteiger partial charge in [0.1, 0.15) is 6.23 Å². The number of ether oxygens (including phenoxy) is 1. The maximum atomic E-state index is 11.0. The van der Waals surface area contributed by atoms with Crippen LogP contribution in [0, 0.1) is 16.7 Å².